The first kappa shape index (κ1) is 29.0. The number of aliphatic hydroxyl groups excluding tert-OH is 1. The van der Waals surface area contributed by atoms with E-state index < -0.39 is 7.81 Å². The third kappa shape index (κ3) is 30.7. The van der Waals surface area contributed by atoms with Crippen molar-refractivity contribution in [3.63, 3.8) is 0 Å². The molecule has 2 rings (SSSR count). The predicted molar refractivity (Wildman–Crippen MR) is 89.9 cm³/mol. The van der Waals surface area contributed by atoms with Crippen molar-refractivity contribution in [3.8, 4) is 5.75 Å². The van der Waals surface area contributed by atoms with Gasteiger partial charge in [-0.3, -0.25) is 0 Å². The van der Waals surface area contributed by atoms with Crippen LogP contribution in [0.3, 0.4) is 0 Å². The fourth-order valence-corrected chi connectivity index (χ4v) is 1.44. The summed E-state index contributed by atoms with van der Waals surface area (Å²) < 4.78 is 69.6. The zero-order chi connectivity index (χ0) is 20.2. The van der Waals surface area contributed by atoms with Gasteiger partial charge in [0.05, 0.1) is 19.8 Å². The smallest absolute Gasteiger partial charge is 0.491 e. The molecule has 1 aromatic carbocycles. The summed E-state index contributed by atoms with van der Waals surface area (Å²) in [5, 5.41) is 9.09. The summed E-state index contributed by atoms with van der Waals surface area (Å²) in [7, 11) is -10.7. The van der Waals surface area contributed by atoms with E-state index in [0.29, 0.717) is 24.8 Å². The largest absolute Gasteiger partial charge is 2.00 e. The van der Waals surface area contributed by atoms with Crippen LogP contribution in [-0.4, -0.2) is 31.5 Å². The number of benzene rings is 1. The Hall–Kier alpha value is -0.241. The Morgan fingerprint density at radius 1 is 0.852 bits per heavy atom. The van der Waals surface area contributed by atoms with Gasteiger partial charge in [-0.2, -0.15) is 0 Å². The SMILES string of the molecule is F[P-](F)(F)(F)(F)F.OCCOCCOc1cccc(Cl)c1.[CH]1[CH][CH][CH][CH]1.[Fe+2]. The van der Waals surface area contributed by atoms with E-state index >= 15 is 0 Å². The minimum Gasteiger partial charge on any atom is -0.491 e. The molecule has 3 nitrogen and oxygen atoms in total. The van der Waals surface area contributed by atoms with Crippen LogP contribution >= 0.6 is 19.4 Å². The van der Waals surface area contributed by atoms with Crippen LogP contribution in [0.2, 0.25) is 5.02 Å². The first-order valence-electron chi connectivity index (χ1n) is 7.08. The van der Waals surface area contributed by atoms with Crippen LogP contribution < -0.4 is 4.74 Å². The number of hydrogen-bond donors (Lipinski definition) is 1. The minimum absolute atomic E-state index is 0. The van der Waals surface area contributed by atoms with Gasteiger partial charge in [0.15, 0.2) is 0 Å². The van der Waals surface area contributed by atoms with Gasteiger partial charge in [-0.05, 0) is 50.3 Å². The normalized spacial score (nSPS) is 15.7. The second-order valence-corrected chi connectivity index (χ2v) is 6.92. The molecule has 12 heteroatoms. The molecular weight excluding hydrogens is 464 g/mol. The van der Waals surface area contributed by atoms with Crippen LogP contribution in [0.4, 0.5) is 25.2 Å². The molecule has 1 aliphatic rings. The summed E-state index contributed by atoms with van der Waals surface area (Å²) in [4.78, 5) is 0. The monoisotopic (exact) mass is 482 g/mol. The standard InChI is InChI=1S/C10H13ClO3.C5H5.F6P.Fe/c11-9-2-1-3-10(8-9)14-7-6-13-5-4-12;1-2-4-5-3-1;1-7(2,3,4,5)6;/h1-3,8,12H,4-7H2;1-5H;;/q;;-1;+2. The second kappa shape index (κ2) is 12.3. The van der Waals surface area contributed by atoms with Crippen molar-refractivity contribution in [2.75, 3.05) is 26.4 Å². The molecule has 0 aliphatic heterocycles. The van der Waals surface area contributed by atoms with Gasteiger partial charge in [0.2, 0.25) is 0 Å². The topological polar surface area (TPSA) is 38.7 Å². The molecule has 157 valence electrons. The molecule has 0 unspecified atom stereocenters. The molecule has 1 fully saturated rings. The van der Waals surface area contributed by atoms with Crippen molar-refractivity contribution >= 4 is 19.4 Å². The Labute approximate surface area is 170 Å². The Bertz CT molecular complexity index is 496. The number of rotatable bonds is 6. The molecular formula is C15H18ClF6FeO3P+. The van der Waals surface area contributed by atoms with E-state index in [9.17, 15) is 25.2 Å². The zero-order valence-corrected chi connectivity index (χ0v) is 16.5. The first-order chi connectivity index (χ1) is 11.8. The Morgan fingerprint density at radius 2 is 1.33 bits per heavy atom. The van der Waals surface area contributed by atoms with Crippen LogP contribution in [0.5, 0.6) is 5.75 Å². The van der Waals surface area contributed by atoms with Crippen molar-refractivity contribution in [2.24, 2.45) is 0 Å². The number of ether oxygens (including phenoxy) is 2. The van der Waals surface area contributed by atoms with Crippen molar-refractivity contribution < 1.29 is 56.8 Å². The van der Waals surface area contributed by atoms with Gasteiger partial charge in [0.1, 0.15) is 12.4 Å². The van der Waals surface area contributed by atoms with Gasteiger partial charge in [-0.25, -0.2) is 0 Å². The molecule has 0 saturated heterocycles. The molecule has 1 aromatic rings. The van der Waals surface area contributed by atoms with E-state index in [2.05, 4.69) is 0 Å². The van der Waals surface area contributed by atoms with E-state index in [-0.39, 0.29) is 23.7 Å². The minimum atomic E-state index is -10.7. The maximum atomic E-state index is 9.87. The summed E-state index contributed by atoms with van der Waals surface area (Å²) in [6, 6.07) is 7.19. The zero-order valence-electron chi connectivity index (χ0n) is 13.7. The molecule has 27 heavy (non-hydrogen) atoms. The average molecular weight is 483 g/mol. The fourth-order valence-electron chi connectivity index (χ4n) is 1.26. The van der Waals surface area contributed by atoms with E-state index in [0.717, 1.165) is 5.75 Å². The second-order valence-electron chi connectivity index (χ2n) is 4.56. The van der Waals surface area contributed by atoms with Crippen LogP contribution in [0.25, 0.3) is 0 Å². The maximum Gasteiger partial charge on any atom is 2.00 e. The van der Waals surface area contributed by atoms with Gasteiger partial charge < -0.3 is 14.6 Å². The van der Waals surface area contributed by atoms with Gasteiger partial charge in [-0.15, -0.1) is 0 Å². The van der Waals surface area contributed by atoms with Crippen LogP contribution in [0, 0.1) is 32.1 Å². The number of aliphatic hydroxyl groups is 1. The Kier molecular flexibility index (Phi) is 13.2. The molecule has 0 heterocycles. The summed E-state index contributed by atoms with van der Waals surface area (Å²) in [5.41, 5.74) is 0. The molecule has 1 aliphatic carbocycles. The summed E-state index contributed by atoms with van der Waals surface area (Å²) in [6.07, 6.45) is 10.0. The predicted octanol–water partition coefficient (Wildman–Crippen LogP) is 6.13. The van der Waals surface area contributed by atoms with Crippen LogP contribution in [0.15, 0.2) is 24.3 Å². The third-order valence-electron chi connectivity index (χ3n) is 2.08. The Balaban J connectivity index is 0. The quantitative estimate of drug-likeness (QED) is 0.230. The summed E-state index contributed by atoms with van der Waals surface area (Å²) in [5.74, 6) is 0.727. The average Bonchev–Trinajstić information content (AvgIpc) is 3.03. The molecule has 0 bridgehead atoms. The van der Waals surface area contributed by atoms with Crippen molar-refractivity contribution in [2.45, 2.75) is 0 Å². The molecule has 0 atom stereocenters. The van der Waals surface area contributed by atoms with Crippen molar-refractivity contribution in [1.82, 2.24) is 0 Å². The molecule has 0 spiro atoms. The third-order valence-corrected chi connectivity index (χ3v) is 2.32. The molecule has 1 N–H and O–H groups in total. The number of hydrogen-bond acceptors (Lipinski definition) is 3. The van der Waals surface area contributed by atoms with Gasteiger partial charge in [-0.1, -0.05) is 17.7 Å². The van der Waals surface area contributed by atoms with Crippen LogP contribution in [0.1, 0.15) is 0 Å². The number of halogens is 7. The van der Waals surface area contributed by atoms with Gasteiger partial charge in [0.25, 0.3) is 0 Å². The van der Waals surface area contributed by atoms with E-state index in [1.165, 1.54) is 0 Å². The van der Waals surface area contributed by atoms with Crippen molar-refractivity contribution in [1.29, 1.82) is 0 Å². The van der Waals surface area contributed by atoms with Crippen molar-refractivity contribution in [3.05, 3.63) is 61.4 Å². The van der Waals surface area contributed by atoms with Crippen LogP contribution in [-0.2, 0) is 21.8 Å². The molecule has 0 amide bonds. The van der Waals surface area contributed by atoms with Gasteiger partial charge in [0, 0.05) is 5.02 Å². The first-order valence-corrected chi connectivity index (χ1v) is 9.48. The molecule has 0 aromatic heterocycles. The molecule has 5 radical (unpaired) electrons. The molecule has 1 saturated carbocycles. The maximum absolute atomic E-state index is 10.7. The van der Waals surface area contributed by atoms with E-state index in [1.807, 2.05) is 44.2 Å². The summed E-state index contributed by atoms with van der Waals surface area (Å²) >= 11 is 5.76. The Morgan fingerprint density at radius 3 is 1.74 bits per heavy atom. The van der Waals surface area contributed by atoms with E-state index in [1.54, 1.807) is 12.1 Å². The summed E-state index contributed by atoms with van der Waals surface area (Å²) in [6.45, 7) is 1.31. The fraction of sp³-hybridized carbons (Fsp3) is 0.267. The van der Waals surface area contributed by atoms with E-state index in [4.69, 9.17) is 26.2 Å². The van der Waals surface area contributed by atoms with Gasteiger partial charge >= 0.3 is 50.1 Å².